The second-order valence-electron chi connectivity index (χ2n) is 8.96. The van der Waals surface area contributed by atoms with Crippen LogP contribution in [0.3, 0.4) is 0 Å². The summed E-state index contributed by atoms with van der Waals surface area (Å²) in [7, 11) is 0. The fraction of sp³-hybridized carbons (Fsp3) is 0.739. The molecule has 0 unspecified atom stereocenters. The van der Waals surface area contributed by atoms with Crippen LogP contribution in [0.25, 0.3) is 0 Å². The van der Waals surface area contributed by atoms with Gasteiger partial charge in [-0.1, -0.05) is 30.3 Å². The standard InChI is InChI=1S/C15H22N2O2.C8H15FN2O/c18-11-14-9-16-6-7-19-12-15(16)10-17(14)8-13-4-2-1-3-5-13;9-3-7-5-11-1-2-12-6-8(11)4-10-7/h1-5,14-15,18H,6-12H2;7-8,10H,1-6H2/t14-,15-;7-,8+/m01/s1. The minimum absolute atomic E-state index is 0.0411. The molecule has 2 N–H and O–H groups in total. The maximum absolute atomic E-state index is 12.3. The molecule has 31 heavy (non-hydrogen) atoms. The third kappa shape index (κ3) is 6.22. The monoisotopic (exact) mass is 436 g/mol. The average molecular weight is 437 g/mol. The molecule has 5 rings (SSSR count). The van der Waals surface area contributed by atoms with Gasteiger partial charge in [-0.3, -0.25) is 14.7 Å². The Hall–Kier alpha value is -1.13. The minimum Gasteiger partial charge on any atom is -0.395 e. The minimum atomic E-state index is -0.260. The van der Waals surface area contributed by atoms with E-state index in [0.29, 0.717) is 12.1 Å². The summed E-state index contributed by atoms with van der Waals surface area (Å²) in [6.45, 7) is 9.75. The maximum Gasteiger partial charge on any atom is 0.106 e. The average Bonchev–Trinajstić information content (AvgIpc) is 2.84. The molecule has 0 aliphatic carbocycles. The van der Waals surface area contributed by atoms with Crippen molar-refractivity contribution in [2.75, 3.05) is 79.0 Å². The van der Waals surface area contributed by atoms with E-state index in [4.69, 9.17) is 9.47 Å². The van der Waals surface area contributed by atoms with Crippen LogP contribution in [0.5, 0.6) is 0 Å². The summed E-state index contributed by atoms with van der Waals surface area (Å²) in [5.41, 5.74) is 1.31. The highest BCUT2D eigenvalue weighted by Crippen LogP contribution is 2.20. The molecule has 4 aliphatic heterocycles. The number of nitrogens with zero attached hydrogens (tertiary/aromatic N) is 3. The van der Waals surface area contributed by atoms with E-state index in [1.807, 2.05) is 6.07 Å². The molecule has 0 spiro atoms. The summed E-state index contributed by atoms with van der Waals surface area (Å²) >= 11 is 0. The van der Waals surface area contributed by atoms with Gasteiger partial charge in [0.05, 0.1) is 33.0 Å². The number of benzene rings is 1. The quantitative estimate of drug-likeness (QED) is 0.699. The number of halogens is 1. The van der Waals surface area contributed by atoms with Crippen molar-refractivity contribution in [1.29, 1.82) is 0 Å². The van der Waals surface area contributed by atoms with E-state index >= 15 is 0 Å². The summed E-state index contributed by atoms with van der Waals surface area (Å²) in [6, 6.07) is 11.7. The number of nitrogens with one attached hydrogen (secondary N) is 1. The number of aliphatic hydroxyl groups is 1. The van der Waals surface area contributed by atoms with Crippen molar-refractivity contribution in [1.82, 2.24) is 20.0 Å². The number of hydrogen-bond acceptors (Lipinski definition) is 7. The van der Waals surface area contributed by atoms with Gasteiger partial charge in [-0.15, -0.1) is 0 Å². The molecule has 174 valence electrons. The lowest BCUT2D eigenvalue weighted by molar-refractivity contribution is -0.0742. The molecule has 4 aliphatic rings. The van der Waals surface area contributed by atoms with Crippen molar-refractivity contribution in [3.8, 4) is 0 Å². The highest BCUT2D eigenvalue weighted by Gasteiger charge is 2.35. The molecule has 1 aromatic rings. The van der Waals surface area contributed by atoms with Crippen molar-refractivity contribution < 1.29 is 19.0 Å². The molecular weight excluding hydrogens is 399 g/mol. The smallest absolute Gasteiger partial charge is 0.106 e. The number of alkyl halides is 1. The second-order valence-corrected chi connectivity index (χ2v) is 8.96. The number of aliphatic hydroxyl groups excluding tert-OH is 1. The molecule has 0 saturated carbocycles. The number of piperazine rings is 2. The van der Waals surface area contributed by atoms with Gasteiger partial charge >= 0.3 is 0 Å². The first-order chi connectivity index (χ1) is 15.3. The van der Waals surface area contributed by atoms with Crippen LogP contribution in [0.2, 0.25) is 0 Å². The zero-order valence-electron chi connectivity index (χ0n) is 18.4. The number of fused-ring (bicyclic) bond motifs is 2. The number of rotatable bonds is 4. The summed E-state index contributed by atoms with van der Waals surface area (Å²) in [4.78, 5) is 7.18. The molecule has 4 fully saturated rings. The Bertz CT molecular complexity index is 655. The van der Waals surface area contributed by atoms with Gasteiger partial charge in [0.1, 0.15) is 6.67 Å². The molecule has 4 saturated heterocycles. The first-order valence-corrected chi connectivity index (χ1v) is 11.6. The fourth-order valence-corrected chi connectivity index (χ4v) is 4.96. The topological polar surface area (TPSA) is 60.4 Å². The molecule has 1 aromatic carbocycles. The summed E-state index contributed by atoms with van der Waals surface area (Å²) in [6.07, 6.45) is 0. The first-order valence-electron chi connectivity index (χ1n) is 11.6. The lowest BCUT2D eigenvalue weighted by atomic mass is 10.0. The van der Waals surface area contributed by atoms with Crippen LogP contribution in [0.1, 0.15) is 5.56 Å². The van der Waals surface area contributed by atoms with Gasteiger partial charge in [0.2, 0.25) is 0 Å². The lowest BCUT2D eigenvalue weighted by Crippen LogP contribution is -2.62. The van der Waals surface area contributed by atoms with Crippen LogP contribution >= 0.6 is 0 Å². The predicted octanol–water partition coefficient (Wildman–Crippen LogP) is 0.192. The molecule has 7 nitrogen and oxygen atoms in total. The Kier molecular flexibility index (Phi) is 8.66. The van der Waals surface area contributed by atoms with Crippen LogP contribution < -0.4 is 5.32 Å². The molecule has 4 heterocycles. The lowest BCUT2D eigenvalue weighted by Gasteiger charge is -2.47. The first kappa shape index (κ1) is 23.0. The van der Waals surface area contributed by atoms with E-state index in [-0.39, 0.29) is 25.4 Å². The van der Waals surface area contributed by atoms with Gasteiger partial charge in [-0.05, 0) is 5.56 Å². The van der Waals surface area contributed by atoms with Gasteiger partial charge in [0.25, 0.3) is 0 Å². The Morgan fingerprint density at radius 2 is 1.68 bits per heavy atom. The predicted molar refractivity (Wildman–Crippen MR) is 118 cm³/mol. The Labute approximate surface area is 185 Å². The molecule has 4 atom stereocenters. The molecular formula is C23H37FN4O3. The molecule has 0 aromatic heterocycles. The van der Waals surface area contributed by atoms with E-state index < -0.39 is 0 Å². The van der Waals surface area contributed by atoms with Crippen LogP contribution in [-0.4, -0.2) is 123 Å². The Balaban J connectivity index is 0.000000166. The third-order valence-corrected chi connectivity index (χ3v) is 6.83. The SMILES string of the molecule is FC[C@@H]1CN2CCOC[C@@H]2CN1.OC[C@@H]1CN2CCOC[C@@H]2CN1Cc1ccccc1. The number of morpholine rings is 2. The second kappa shape index (κ2) is 11.7. The van der Waals surface area contributed by atoms with Crippen LogP contribution in [0, 0.1) is 0 Å². The molecule has 0 bridgehead atoms. The number of ether oxygens (including phenoxy) is 2. The Morgan fingerprint density at radius 3 is 2.39 bits per heavy atom. The van der Waals surface area contributed by atoms with Crippen molar-refractivity contribution in [2.45, 2.75) is 30.7 Å². The van der Waals surface area contributed by atoms with E-state index in [1.54, 1.807) is 0 Å². The molecule has 8 heteroatoms. The van der Waals surface area contributed by atoms with Gasteiger partial charge in [-0.25, -0.2) is 4.39 Å². The van der Waals surface area contributed by atoms with E-state index in [1.165, 1.54) is 5.56 Å². The highest BCUT2D eigenvalue weighted by molar-refractivity contribution is 5.15. The zero-order valence-corrected chi connectivity index (χ0v) is 18.4. The Morgan fingerprint density at radius 1 is 0.968 bits per heavy atom. The van der Waals surface area contributed by atoms with E-state index in [9.17, 15) is 9.50 Å². The summed E-state index contributed by atoms with van der Waals surface area (Å²) in [5, 5.41) is 12.8. The van der Waals surface area contributed by atoms with E-state index in [2.05, 4.69) is 44.3 Å². The maximum atomic E-state index is 12.3. The van der Waals surface area contributed by atoms with Crippen molar-refractivity contribution in [3.05, 3.63) is 35.9 Å². The highest BCUT2D eigenvalue weighted by atomic mass is 19.1. The normalized spacial score (nSPS) is 32.5. The zero-order chi connectivity index (χ0) is 21.5. The number of hydrogen-bond donors (Lipinski definition) is 2. The van der Waals surface area contributed by atoms with Gasteiger partial charge in [0.15, 0.2) is 0 Å². The van der Waals surface area contributed by atoms with Crippen molar-refractivity contribution in [2.24, 2.45) is 0 Å². The third-order valence-electron chi connectivity index (χ3n) is 6.83. The van der Waals surface area contributed by atoms with Crippen molar-refractivity contribution in [3.63, 3.8) is 0 Å². The summed E-state index contributed by atoms with van der Waals surface area (Å²) in [5.74, 6) is 0. The van der Waals surface area contributed by atoms with Crippen molar-refractivity contribution >= 4 is 0 Å². The largest absolute Gasteiger partial charge is 0.395 e. The van der Waals surface area contributed by atoms with Crippen LogP contribution in [0.4, 0.5) is 4.39 Å². The van der Waals surface area contributed by atoms with Gasteiger partial charge in [0, 0.05) is 70.0 Å². The van der Waals surface area contributed by atoms with Crippen LogP contribution in [-0.2, 0) is 16.0 Å². The molecule has 0 amide bonds. The van der Waals surface area contributed by atoms with Crippen LogP contribution in [0.15, 0.2) is 30.3 Å². The molecule has 0 radical (unpaired) electrons. The summed E-state index contributed by atoms with van der Waals surface area (Å²) < 4.78 is 23.2. The fourth-order valence-electron chi connectivity index (χ4n) is 4.96. The van der Waals surface area contributed by atoms with E-state index in [0.717, 1.165) is 72.2 Å². The van der Waals surface area contributed by atoms with Gasteiger partial charge < -0.3 is 19.9 Å². The van der Waals surface area contributed by atoms with Gasteiger partial charge in [-0.2, -0.15) is 0 Å².